The quantitative estimate of drug-likeness (QED) is 0.843. The zero-order valence-electron chi connectivity index (χ0n) is 10.3. The molecule has 1 N–H and O–H groups in total. The third kappa shape index (κ3) is 3.88. The van der Waals surface area contributed by atoms with Gasteiger partial charge in [-0.2, -0.15) is 0 Å². The molecule has 98 valence electrons. The van der Waals surface area contributed by atoms with E-state index in [0.717, 1.165) is 23.8 Å². The van der Waals surface area contributed by atoms with Crippen molar-refractivity contribution in [2.75, 3.05) is 17.3 Å². The Bertz CT molecular complexity index is 404. The van der Waals surface area contributed by atoms with Gasteiger partial charge in [0.2, 0.25) is 0 Å². The van der Waals surface area contributed by atoms with E-state index in [-0.39, 0.29) is 11.8 Å². The van der Waals surface area contributed by atoms with Gasteiger partial charge in [-0.1, -0.05) is 25.6 Å². The number of nitrogens with zero attached hydrogens (tertiary/aromatic N) is 1. The summed E-state index contributed by atoms with van der Waals surface area (Å²) in [4.78, 5) is 4.61. The largest absolute Gasteiger partial charge is 0.361 e. The zero-order valence-corrected chi connectivity index (χ0v) is 12.0. The molecule has 2 unspecified atom stereocenters. The topological polar surface area (TPSA) is 58.5 Å². The van der Waals surface area contributed by atoms with Crippen LogP contribution in [-0.4, -0.2) is 42.9 Å². The van der Waals surface area contributed by atoms with Crippen LogP contribution in [0.1, 0.15) is 26.7 Å². The summed E-state index contributed by atoms with van der Waals surface area (Å²) in [6.45, 7) is 4.41. The van der Waals surface area contributed by atoms with Crippen LogP contribution >= 0.6 is 11.8 Å². The number of nitrogens with one attached hydrogen (secondary N) is 1. The van der Waals surface area contributed by atoms with Crippen molar-refractivity contribution in [1.82, 2.24) is 5.32 Å². The monoisotopic (exact) mass is 276 g/mol. The van der Waals surface area contributed by atoms with E-state index in [9.17, 15) is 8.42 Å². The van der Waals surface area contributed by atoms with Gasteiger partial charge in [0.05, 0.1) is 17.5 Å². The molecule has 2 rings (SSSR count). The van der Waals surface area contributed by atoms with Crippen LogP contribution in [0.5, 0.6) is 0 Å². The lowest BCUT2D eigenvalue weighted by Crippen LogP contribution is -2.33. The molecule has 17 heavy (non-hydrogen) atoms. The van der Waals surface area contributed by atoms with E-state index >= 15 is 0 Å². The summed E-state index contributed by atoms with van der Waals surface area (Å²) in [5.41, 5.74) is 0. The van der Waals surface area contributed by atoms with Crippen LogP contribution in [0.3, 0.4) is 0 Å². The van der Waals surface area contributed by atoms with Crippen LogP contribution < -0.4 is 5.32 Å². The maximum absolute atomic E-state index is 11.3. The van der Waals surface area contributed by atoms with Crippen LogP contribution in [0, 0.1) is 5.92 Å². The molecule has 2 atom stereocenters. The van der Waals surface area contributed by atoms with Crippen LogP contribution in [-0.2, 0) is 9.84 Å². The molecular formula is C11H20N2O2S2. The zero-order chi connectivity index (χ0) is 12.5. The average molecular weight is 276 g/mol. The van der Waals surface area contributed by atoms with Gasteiger partial charge in [0.1, 0.15) is 0 Å². The smallest absolute Gasteiger partial charge is 0.157 e. The molecule has 0 aromatic heterocycles. The Morgan fingerprint density at radius 2 is 2.29 bits per heavy atom. The van der Waals surface area contributed by atoms with Gasteiger partial charge in [0.15, 0.2) is 15.0 Å². The van der Waals surface area contributed by atoms with E-state index in [0.29, 0.717) is 17.7 Å². The molecule has 1 saturated heterocycles. The summed E-state index contributed by atoms with van der Waals surface area (Å²) in [7, 11) is -2.80. The number of thioether (sulfide) groups is 1. The fourth-order valence-electron chi connectivity index (χ4n) is 2.24. The highest BCUT2D eigenvalue weighted by atomic mass is 32.2. The van der Waals surface area contributed by atoms with Crippen molar-refractivity contribution >= 4 is 26.8 Å². The molecule has 0 aliphatic carbocycles. The summed E-state index contributed by atoms with van der Waals surface area (Å²) in [5.74, 6) is 2.27. The van der Waals surface area contributed by atoms with Crippen LogP contribution in [0.15, 0.2) is 4.99 Å². The summed E-state index contributed by atoms with van der Waals surface area (Å²) < 4.78 is 22.7. The highest BCUT2D eigenvalue weighted by Gasteiger charge is 2.30. The first-order valence-electron chi connectivity index (χ1n) is 6.12. The second-order valence-corrected chi connectivity index (χ2v) is 8.51. The predicted molar refractivity (Wildman–Crippen MR) is 73.3 cm³/mol. The maximum atomic E-state index is 11.3. The summed E-state index contributed by atoms with van der Waals surface area (Å²) in [6.07, 6.45) is 1.83. The number of rotatable bonds is 3. The van der Waals surface area contributed by atoms with Crippen molar-refractivity contribution in [2.45, 2.75) is 38.8 Å². The molecular weight excluding hydrogens is 256 g/mol. The molecule has 2 aliphatic heterocycles. The highest BCUT2D eigenvalue weighted by molar-refractivity contribution is 8.14. The van der Waals surface area contributed by atoms with E-state index in [1.165, 1.54) is 0 Å². The number of hydrogen-bond donors (Lipinski definition) is 1. The average Bonchev–Trinajstić information content (AvgIpc) is 2.73. The Morgan fingerprint density at radius 3 is 2.88 bits per heavy atom. The van der Waals surface area contributed by atoms with Crippen molar-refractivity contribution in [3.8, 4) is 0 Å². The third-order valence-corrected chi connectivity index (χ3v) is 5.83. The highest BCUT2D eigenvalue weighted by Crippen LogP contribution is 2.23. The lowest BCUT2D eigenvalue weighted by atomic mass is 10.1. The molecule has 0 bridgehead atoms. The molecule has 0 aromatic rings. The Balaban J connectivity index is 1.85. The third-order valence-electron chi connectivity index (χ3n) is 3.02. The summed E-state index contributed by atoms with van der Waals surface area (Å²) >= 11 is 1.72. The van der Waals surface area contributed by atoms with Gasteiger partial charge < -0.3 is 5.32 Å². The maximum Gasteiger partial charge on any atom is 0.157 e. The second-order valence-electron chi connectivity index (χ2n) is 5.27. The summed E-state index contributed by atoms with van der Waals surface area (Å²) in [5, 5.41) is 4.21. The van der Waals surface area contributed by atoms with Crippen LogP contribution in [0.4, 0.5) is 0 Å². The van der Waals surface area contributed by atoms with Crippen molar-refractivity contribution in [2.24, 2.45) is 10.9 Å². The van der Waals surface area contributed by atoms with Gasteiger partial charge in [-0.15, -0.1) is 0 Å². The van der Waals surface area contributed by atoms with Gasteiger partial charge in [-0.25, -0.2) is 8.42 Å². The minimum absolute atomic E-state index is 0.0732. The Labute approximate surface area is 108 Å². The van der Waals surface area contributed by atoms with Crippen LogP contribution in [0.25, 0.3) is 0 Å². The SMILES string of the molecule is CC(C)CC1CSC(NC2CCS(=O)(=O)C2)=N1. The van der Waals surface area contributed by atoms with Gasteiger partial charge in [-0.05, 0) is 18.8 Å². The fraction of sp³-hybridized carbons (Fsp3) is 0.909. The Kier molecular flexibility index (Phi) is 4.02. The molecule has 0 aromatic carbocycles. The number of sulfone groups is 1. The molecule has 2 aliphatic rings. The predicted octanol–water partition coefficient (Wildman–Crippen LogP) is 1.28. The Morgan fingerprint density at radius 1 is 1.53 bits per heavy atom. The van der Waals surface area contributed by atoms with Crippen molar-refractivity contribution in [3.05, 3.63) is 0 Å². The standard InChI is InChI=1S/C11H20N2O2S2/c1-8(2)5-10-6-16-11(13-10)12-9-3-4-17(14,15)7-9/h8-10H,3-7H2,1-2H3,(H,12,13). The molecule has 4 nitrogen and oxygen atoms in total. The van der Waals surface area contributed by atoms with Gasteiger partial charge in [0.25, 0.3) is 0 Å². The van der Waals surface area contributed by atoms with Crippen molar-refractivity contribution in [3.63, 3.8) is 0 Å². The first-order valence-corrected chi connectivity index (χ1v) is 8.93. The molecule has 0 spiro atoms. The molecule has 6 heteroatoms. The van der Waals surface area contributed by atoms with Crippen molar-refractivity contribution < 1.29 is 8.42 Å². The second kappa shape index (κ2) is 5.18. The summed E-state index contributed by atoms with van der Waals surface area (Å²) in [6, 6.07) is 0.476. The van der Waals surface area contributed by atoms with E-state index < -0.39 is 9.84 Å². The number of hydrogen-bond acceptors (Lipinski definition) is 5. The minimum Gasteiger partial charge on any atom is -0.361 e. The van der Waals surface area contributed by atoms with E-state index in [4.69, 9.17) is 0 Å². The molecule has 0 radical (unpaired) electrons. The minimum atomic E-state index is -2.80. The molecule has 0 amide bonds. The van der Waals surface area contributed by atoms with E-state index in [1.807, 2.05) is 0 Å². The normalized spacial score (nSPS) is 31.8. The van der Waals surface area contributed by atoms with Gasteiger partial charge in [0, 0.05) is 11.8 Å². The number of amidine groups is 1. The van der Waals surface area contributed by atoms with Gasteiger partial charge >= 0.3 is 0 Å². The molecule has 1 fully saturated rings. The van der Waals surface area contributed by atoms with Crippen LogP contribution in [0.2, 0.25) is 0 Å². The van der Waals surface area contributed by atoms with E-state index in [2.05, 4.69) is 24.2 Å². The fourth-order valence-corrected chi connectivity index (χ4v) is 4.95. The molecule has 0 saturated carbocycles. The van der Waals surface area contributed by atoms with Gasteiger partial charge in [-0.3, -0.25) is 4.99 Å². The number of aliphatic imine (C=N–C) groups is 1. The Hall–Kier alpha value is -0.230. The lowest BCUT2D eigenvalue weighted by molar-refractivity contribution is 0.528. The lowest BCUT2D eigenvalue weighted by Gasteiger charge is -2.10. The first kappa shape index (κ1) is 13.2. The first-order chi connectivity index (χ1) is 7.94. The molecule has 2 heterocycles. The van der Waals surface area contributed by atoms with Crippen molar-refractivity contribution in [1.29, 1.82) is 0 Å². The van der Waals surface area contributed by atoms with E-state index in [1.54, 1.807) is 11.8 Å².